The van der Waals surface area contributed by atoms with Gasteiger partial charge in [0.15, 0.2) is 5.69 Å². The highest BCUT2D eigenvalue weighted by Gasteiger charge is 2.55. The molecule has 12 bridgehead atoms. The fourth-order valence-corrected chi connectivity index (χ4v) is 24.7. The molecule has 4 heterocycles. The molecule has 9 aromatic carbocycles. The van der Waals surface area contributed by atoms with Crippen molar-refractivity contribution in [3.05, 3.63) is 239 Å². The van der Waals surface area contributed by atoms with E-state index in [9.17, 15) is 11.8 Å². The highest BCUT2D eigenvalue weighted by Crippen LogP contribution is 2.67. The van der Waals surface area contributed by atoms with Crippen molar-refractivity contribution >= 4 is 81.9 Å². The van der Waals surface area contributed by atoms with Crippen molar-refractivity contribution < 1.29 is 0 Å². The average Bonchev–Trinajstić information content (AvgIpc) is 1.53. The van der Waals surface area contributed by atoms with Gasteiger partial charge in [0.05, 0.1) is 45.8 Å². The van der Waals surface area contributed by atoms with Gasteiger partial charge >= 0.3 is 0 Å². The van der Waals surface area contributed by atoms with Crippen molar-refractivity contribution in [1.29, 1.82) is 5.26 Å². The minimum atomic E-state index is 0.00930. The molecule has 0 aliphatic heterocycles. The third kappa shape index (κ3) is 5.01. The number of hydrogen-bond donors (Lipinski definition) is 0. The van der Waals surface area contributed by atoms with Crippen LogP contribution in [0.1, 0.15) is 195 Å². The minimum absolute atomic E-state index is 0.00930. The molecule has 0 amide bonds. The van der Waals surface area contributed by atoms with Gasteiger partial charge in [-0.25, -0.2) is 4.85 Å². The van der Waals surface area contributed by atoms with E-state index in [2.05, 4.69) is 167 Å². The molecule has 8 saturated carbocycles. The third-order valence-electron chi connectivity index (χ3n) is 26.5. The second-order valence-electron chi connectivity index (χ2n) is 30.3. The van der Waals surface area contributed by atoms with Crippen LogP contribution >= 0.6 is 0 Å². The number of fused-ring (bicyclic) bond motifs is 12. The standard InChI is InChI=1S/C82H62N4/c1-39-66-59-28-49(82-35-44-23-45(36-82)25-46(24-44)37-82)30-61-73-64(31-62(84-3)74-69-52-14-6-10-18-56(52)71(76(73)74)57-19-11-7-15-53(57)69)86(80(59)61)78(66)40(2)65-58-27-48(81-32-41-20-42(33-81)22-43(21-41)34-81)29-60-72-63(85(77(39)65)79(58)60)26-47(38-83)67-68-50-12-4-8-16-54(50)70(75(67)72)55-17-9-5-13-51(55)68/h4-19,26-31,41-46,68-71H,20-25,32-37H2,1-2H3. The van der Waals surface area contributed by atoms with E-state index in [1.807, 2.05) is 0 Å². The molecule has 27 rings (SSSR count). The summed E-state index contributed by atoms with van der Waals surface area (Å²) in [5.41, 5.74) is 31.8. The van der Waals surface area contributed by atoms with Crippen molar-refractivity contribution in [3.63, 3.8) is 0 Å². The van der Waals surface area contributed by atoms with Crippen molar-refractivity contribution in [1.82, 2.24) is 8.80 Å². The molecule has 4 nitrogen and oxygen atoms in total. The quantitative estimate of drug-likeness (QED) is 0.159. The Morgan fingerprint density at radius 2 is 0.721 bits per heavy atom. The summed E-state index contributed by atoms with van der Waals surface area (Å²) in [6.07, 6.45) is 16.3. The Labute approximate surface area is 499 Å². The second kappa shape index (κ2) is 14.9. The Morgan fingerprint density at radius 3 is 1.07 bits per heavy atom. The molecule has 14 aliphatic carbocycles. The molecule has 0 unspecified atom stereocenters. The van der Waals surface area contributed by atoms with Crippen LogP contribution in [0.2, 0.25) is 0 Å². The van der Waals surface area contributed by atoms with Crippen LogP contribution in [0, 0.1) is 67.3 Å². The topological polar surface area (TPSA) is 37.0 Å². The lowest BCUT2D eigenvalue weighted by Gasteiger charge is -2.57. The van der Waals surface area contributed by atoms with Gasteiger partial charge in [0.2, 0.25) is 0 Å². The summed E-state index contributed by atoms with van der Waals surface area (Å²) in [6.45, 7) is 14.2. The Kier molecular flexibility index (Phi) is 7.92. The molecule has 4 heteroatoms. The van der Waals surface area contributed by atoms with Crippen LogP contribution in [0.4, 0.5) is 5.69 Å². The van der Waals surface area contributed by atoms with Gasteiger partial charge in [-0.1, -0.05) is 97.1 Å². The van der Waals surface area contributed by atoms with Gasteiger partial charge in [-0.15, -0.1) is 0 Å². The molecule has 14 aliphatic rings. The van der Waals surface area contributed by atoms with Crippen LogP contribution in [-0.4, -0.2) is 8.80 Å². The van der Waals surface area contributed by atoms with Gasteiger partial charge in [-0.05, 0) is 263 Å². The largest absolute Gasteiger partial charge is 0.309 e. The number of aryl methyl sites for hydroxylation is 2. The van der Waals surface area contributed by atoms with Crippen LogP contribution in [0.5, 0.6) is 0 Å². The number of nitrogens with zero attached hydrogens (tertiary/aromatic N) is 4. The number of benzene rings is 9. The molecule has 0 atom stereocenters. The summed E-state index contributed by atoms with van der Waals surface area (Å²) >= 11 is 0. The van der Waals surface area contributed by atoms with Crippen LogP contribution in [0.15, 0.2) is 133 Å². The number of nitriles is 1. The van der Waals surface area contributed by atoms with Gasteiger partial charge in [-0.3, -0.25) is 0 Å². The lowest BCUT2D eigenvalue weighted by molar-refractivity contribution is -0.00520. The zero-order chi connectivity index (χ0) is 55.9. The SMILES string of the molecule is [C-]#[N+]c1cc2c(c3c1C1c4ccccc4C3c3ccccc31)c1cc(C34CC5CC(CC(C5)C3)C4)cc3c4c(C)c5c(c(C)c4n2c13)c1cc(C23CC4CC(CC(C4)C2)C3)cc2c3c4c(c(C#N)cc3n5c21)C1c2ccccc2C4c2ccccc21. The van der Waals surface area contributed by atoms with Gasteiger partial charge in [0.1, 0.15) is 0 Å². The van der Waals surface area contributed by atoms with Crippen molar-refractivity contribution in [2.24, 2.45) is 35.5 Å². The molecule has 0 N–H and O–H groups in total. The molecule has 0 spiro atoms. The maximum absolute atomic E-state index is 11.7. The van der Waals surface area contributed by atoms with Crippen LogP contribution in [-0.2, 0) is 10.8 Å². The van der Waals surface area contributed by atoms with E-state index in [1.165, 1.54) is 231 Å². The normalized spacial score (nSPS) is 29.7. The lowest BCUT2D eigenvalue weighted by atomic mass is 9.48. The second-order valence-corrected chi connectivity index (χ2v) is 30.3. The summed E-state index contributed by atoms with van der Waals surface area (Å²) < 4.78 is 5.44. The predicted octanol–water partition coefficient (Wildman–Crippen LogP) is 19.9. The molecule has 86 heavy (non-hydrogen) atoms. The fraction of sp³-hybridized carbons (Fsp3) is 0.317. The maximum Gasteiger partial charge on any atom is 0.193 e. The highest BCUT2D eigenvalue weighted by atomic mass is 15.0. The van der Waals surface area contributed by atoms with Gasteiger partial charge < -0.3 is 8.80 Å². The Bertz CT molecular complexity index is 5020. The molecule has 0 saturated heterocycles. The number of hydrogen-bond acceptors (Lipinski definition) is 1. The first-order chi connectivity index (χ1) is 42.3. The summed E-state index contributed by atoms with van der Waals surface area (Å²) in [5.74, 6) is 5.00. The van der Waals surface area contributed by atoms with Crippen molar-refractivity contribution in [3.8, 4) is 6.07 Å². The van der Waals surface area contributed by atoms with E-state index in [1.54, 1.807) is 11.1 Å². The molecule has 4 aromatic heterocycles. The first-order valence-electron chi connectivity index (χ1n) is 33.0. The van der Waals surface area contributed by atoms with E-state index in [0.717, 1.165) is 46.8 Å². The van der Waals surface area contributed by atoms with E-state index in [-0.39, 0.29) is 34.5 Å². The smallest absolute Gasteiger partial charge is 0.193 e. The first kappa shape index (κ1) is 45.9. The van der Waals surface area contributed by atoms with Crippen molar-refractivity contribution in [2.75, 3.05) is 0 Å². The minimum Gasteiger partial charge on any atom is -0.309 e. The Hall–Kier alpha value is -8.44. The molecular weight excluding hydrogens is 1040 g/mol. The molecule has 13 aromatic rings. The van der Waals surface area contributed by atoms with Gasteiger partial charge in [0.25, 0.3) is 0 Å². The maximum atomic E-state index is 11.7. The zero-order valence-corrected chi connectivity index (χ0v) is 48.7. The van der Waals surface area contributed by atoms with Crippen molar-refractivity contribution in [2.45, 2.75) is 125 Å². The zero-order valence-electron chi connectivity index (χ0n) is 48.7. The average molecular weight is 1100 g/mol. The highest BCUT2D eigenvalue weighted by molar-refractivity contribution is 6.32. The Balaban J connectivity index is 0.900. The predicted molar refractivity (Wildman–Crippen MR) is 345 cm³/mol. The Morgan fingerprint density at radius 1 is 0.407 bits per heavy atom. The number of aromatic nitrogens is 2. The first-order valence-corrected chi connectivity index (χ1v) is 33.0. The van der Waals surface area contributed by atoms with Gasteiger partial charge in [0, 0.05) is 72.3 Å². The van der Waals surface area contributed by atoms with Crippen LogP contribution < -0.4 is 0 Å². The molecule has 410 valence electrons. The van der Waals surface area contributed by atoms with Crippen LogP contribution in [0.3, 0.4) is 0 Å². The van der Waals surface area contributed by atoms with E-state index in [0.29, 0.717) is 0 Å². The summed E-state index contributed by atoms with van der Waals surface area (Å²) in [5, 5.41) is 22.8. The molecular formula is C82H62N4. The van der Waals surface area contributed by atoms with E-state index >= 15 is 0 Å². The van der Waals surface area contributed by atoms with Gasteiger partial charge in [-0.2, -0.15) is 5.26 Å². The third-order valence-corrected chi connectivity index (χ3v) is 26.5. The van der Waals surface area contributed by atoms with E-state index in [4.69, 9.17) is 0 Å². The summed E-state index contributed by atoms with van der Waals surface area (Å²) in [7, 11) is 0. The number of rotatable bonds is 2. The van der Waals surface area contributed by atoms with E-state index < -0.39 is 0 Å². The molecule has 0 radical (unpaired) electrons. The summed E-state index contributed by atoms with van der Waals surface area (Å²) in [6, 6.07) is 55.5. The fourth-order valence-electron chi connectivity index (χ4n) is 24.7. The summed E-state index contributed by atoms with van der Waals surface area (Å²) in [4.78, 5) is 4.62. The lowest BCUT2D eigenvalue weighted by Crippen LogP contribution is -2.48. The molecule has 8 fully saturated rings. The monoisotopic (exact) mass is 1100 g/mol. The van der Waals surface area contributed by atoms with Crippen LogP contribution in [0.25, 0.3) is 81.0 Å².